The van der Waals surface area contributed by atoms with Gasteiger partial charge in [0.15, 0.2) is 5.13 Å². The molecule has 0 unspecified atom stereocenters. The third kappa shape index (κ3) is 4.93. The van der Waals surface area contributed by atoms with Gasteiger partial charge in [-0.1, -0.05) is 17.4 Å². The third-order valence-corrected chi connectivity index (χ3v) is 10.7. The molecule has 36 heavy (non-hydrogen) atoms. The Morgan fingerprint density at radius 3 is 2.36 bits per heavy atom. The van der Waals surface area contributed by atoms with Gasteiger partial charge in [-0.2, -0.15) is 4.31 Å². The summed E-state index contributed by atoms with van der Waals surface area (Å²) < 4.78 is 34.1. The Morgan fingerprint density at radius 1 is 1.03 bits per heavy atom. The summed E-state index contributed by atoms with van der Waals surface area (Å²) in [6, 6.07) is 12.9. The van der Waals surface area contributed by atoms with Crippen LogP contribution in [0.1, 0.15) is 12.8 Å². The Bertz CT molecular complexity index is 1330. The topological polar surface area (TPSA) is 83.0 Å². The zero-order valence-electron chi connectivity index (χ0n) is 20.4. The Morgan fingerprint density at radius 2 is 1.72 bits per heavy atom. The molecule has 2 aliphatic heterocycles. The second-order valence-electron chi connectivity index (χ2n) is 8.97. The van der Waals surface area contributed by atoms with E-state index in [1.54, 1.807) is 42.3 Å². The van der Waals surface area contributed by atoms with Crippen LogP contribution in [0.4, 0.5) is 5.13 Å². The van der Waals surface area contributed by atoms with E-state index in [-0.39, 0.29) is 11.8 Å². The van der Waals surface area contributed by atoms with Crippen molar-refractivity contribution in [2.75, 3.05) is 57.5 Å². The number of methoxy groups -OCH3 is 1. The molecule has 0 spiro atoms. The smallest absolute Gasteiger partial charge is 0.243 e. The van der Waals surface area contributed by atoms with E-state index in [0.29, 0.717) is 43.9 Å². The lowest BCUT2D eigenvalue weighted by Gasteiger charge is -2.38. The number of hydrogen-bond acceptors (Lipinski definition) is 8. The molecule has 0 aliphatic carbocycles. The molecule has 2 fully saturated rings. The molecule has 0 saturated carbocycles. The number of amides is 1. The lowest BCUT2D eigenvalue weighted by molar-refractivity contribution is -0.137. The van der Waals surface area contributed by atoms with Crippen molar-refractivity contribution in [3.63, 3.8) is 0 Å². The van der Waals surface area contributed by atoms with E-state index in [1.807, 2.05) is 41.5 Å². The van der Waals surface area contributed by atoms with Gasteiger partial charge in [0.2, 0.25) is 15.9 Å². The van der Waals surface area contributed by atoms with E-state index in [1.165, 1.54) is 4.31 Å². The van der Waals surface area contributed by atoms with Crippen molar-refractivity contribution >= 4 is 54.4 Å². The fourth-order valence-electron chi connectivity index (χ4n) is 4.83. The highest BCUT2D eigenvalue weighted by atomic mass is 32.2. The maximum absolute atomic E-state index is 13.2. The molecule has 3 aromatic rings. The number of carbonyl (C=O) groups excluding carboxylic acids is 1. The number of benzene rings is 2. The van der Waals surface area contributed by atoms with Crippen LogP contribution in [0, 0.1) is 5.92 Å². The maximum atomic E-state index is 13.2. The van der Waals surface area contributed by atoms with Crippen molar-refractivity contribution in [1.29, 1.82) is 0 Å². The van der Waals surface area contributed by atoms with E-state index in [4.69, 9.17) is 9.72 Å². The van der Waals surface area contributed by atoms with Crippen molar-refractivity contribution in [2.24, 2.45) is 5.92 Å². The molecule has 5 rings (SSSR count). The van der Waals surface area contributed by atoms with Crippen LogP contribution in [0.3, 0.4) is 0 Å². The average Bonchev–Trinajstić information content (AvgIpc) is 3.37. The minimum absolute atomic E-state index is 0.131. The first kappa shape index (κ1) is 25.3. The molecule has 2 saturated heterocycles. The molecule has 192 valence electrons. The van der Waals surface area contributed by atoms with Crippen LogP contribution in [-0.2, 0) is 14.8 Å². The summed E-state index contributed by atoms with van der Waals surface area (Å²) in [5, 5.41) is 0.950. The first-order chi connectivity index (χ1) is 17.4. The number of sulfonamides is 1. The van der Waals surface area contributed by atoms with Crippen molar-refractivity contribution in [1.82, 2.24) is 14.2 Å². The van der Waals surface area contributed by atoms with E-state index >= 15 is 0 Å². The predicted octanol–water partition coefficient (Wildman–Crippen LogP) is 3.78. The molecule has 8 nitrogen and oxygen atoms in total. The quantitative estimate of drug-likeness (QED) is 0.435. The molecule has 0 N–H and O–H groups in total. The van der Waals surface area contributed by atoms with Crippen LogP contribution in [0.5, 0.6) is 5.75 Å². The van der Waals surface area contributed by atoms with Gasteiger partial charge in [-0.3, -0.25) is 4.79 Å². The van der Waals surface area contributed by atoms with Gasteiger partial charge in [0, 0.05) is 50.1 Å². The van der Waals surface area contributed by atoms with Crippen LogP contribution in [-0.4, -0.2) is 81.1 Å². The lowest BCUT2D eigenvalue weighted by Crippen LogP contribution is -2.52. The number of para-hydroxylation sites is 1. The molecular formula is C25H30N4O4S3. The number of nitrogens with zero attached hydrogens (tertiary/aromatic N) is 4. The van der Waals surface area contributed by atoms with Crippen LogP contribution in [0.15, 0.2) is 52.3 Å². The van der Waals surface area contributed by atoms with Gasteiger partial charge in [0.05, 0.1) is 16.7 Å². The first-order valence-electron chi connectivity index (χ1n) is 12.0. The van der Waals surface area contributed by atoms with E-state index < -0.39 is 10.0 Å². The molecule has 0 radical (unpaired) electrons. The van der Waals surface area contributed by atoms with Crippen molar-refractivity contribution in [3.8, 4) is 5.75 Å². The summed E-state index contributed by atoms with van der Waals surface area (Å²) in [6.07, 6.45) is 3.07. The minimum Gasteiger partial charge on any atom is -0.494 e. The summed E-state index contributed by atoms with van der Waals surface area (Å²) in [5.41, 5.74) is 0.875. The van der Waals surface area contributed by atoms with Gasteiger partial charge in [0.25, 0.3) is 0 Å². The summed E-state index contributed by atoms with van der Waals surface area (Å²) >= 11 is 3.22. The molecule has 2 aliphatic rings. The largest absolute Gasteiger partial charge is 0.494 e. The number of ether oxygens (including phenoxy) is 1. The second-order valence-corrected chi connectivity index (χ2v) is 12.8. The highest BCUT2D eigenvalue weighted by Gasteiger charge is 2.35. The minimum atomic E-state index is -3.54. The lowest BCUT2D eigenvalue weighted by atomic mass is 9.96. The Balaban J connectivity index is 1.16. The van der Waals surface area contributed by atoms with Crippen molar-refractivity contribution in [2.45, 2.75) is 22.6 Å². The average molecular weight is 547 g/mol. The van der Waals surface area contributed by atoms with Gasteiger partial charge in [-0.25, -0.2) is 13.4 Å². The normalized spacial score (nSPS) is 18.1. The van der Waals surface area contributed by atoms with E-state index in [2.05, 4.69) is 4.90 Å². The van der Waals surface area contributed by atoms with Gasteiger partial charge < -0.3 is 14.5 Å². The number of fused-ring (bicyclic) bond motifs is 1. The summed E-state index contributed by atoms with van der Waals surface area (Å²) in [4.78, 5) is 23.5. The van der Waals surface area contributed by atoms with E-state index in [0.717, 1.165) is 39.1 Å². The summed E-state index contributed by atoms with van der Waals surface area (Å²) in [7, 11) is -1.88. The number of piperazine rings is 1. The monoisotopic (exact) mass is 546 g/mol. The molecule has 0 atom stereocenters. The molecule has 11 heteroatoms. The van der Waals surface area contributed by atoms with E-state index in [9.17, 15) is 13.2 Å². The highest BCUT2D eigenvalue weighted by molar-refractivity contribution is 7.98. The van der Waals surface area contributed by atoms with Gasteiger partial charge in [-0.15, -0.1) is 11.8 Å². The predicted molar refractivity (Wildman–Crippen MR) is 145 cm³/mol. The second kappa shape index (κ2) is 10.6. The molecule has 3 heterocycles. The number of aromatic nitrogens is 1. The van der Waals surface area contributed by atoms with Crippen molar-refractivity contribution < 1.29 is 17.9 Å². The standard InChI is InChI=1S/C25H30N4O4S3/c1-33-21-4-3-5-22-23(21)26-25(35-22)28-16-14-27(15-17-28)24(30)18-10-12-29(13-11-18)36(31,32)20-8-6-19(34-2)7-9-20/h3-9,18H,10-17H2,1-2H3. The molecule has 2 aromatic carbocycles. The Kier molecular flexibility index (Phi) is 7.43. The Labute approximate surface area is 220 Å². The number of carbonyl (C=O) groups is 1. The number of thioether (sulfide) groups is 1. The number of thiazole rings is 1. The molecule has 1 aromatic heterocycles. The third-order valence-electron chi connectivity index (χ3n) is 6.95. The zero-order chi connectivity index (χ0) is 25.3. The van der Waals surface area contributed by atoms with Crippen LogP contribution >= 0.6 is 23.1 Å². The van der Waals surface area contributed by atoms with Crippen molar-refractivity contribution in [3.05, 3.63) is 42.5 Å². The molecular weight excluding hydrogens is 517 g/mol. The SMILES string of the molecule is COc1cccc2sc(N3CCN(C(=O)C4CCN(S(=O)(=O)c5ccc(SC)cc5)CC4)CC3)nc12. The number of anilines is 1. The fourth-order valence-corrected chi connectivity index (χ4v) is 7.74. The summed E-state index contributed by atoms with van der Waals surface area (Å²) in [6.45, 7) is 3.49. The van der Waals surface area contributed by atoms with Crippen LogP contribution in [0.25, 0.3) is 10.2 Å². The first-order valence-corrected chi connectivity index (χ1v) is 15.5. The number of piperidine rings is 1. The summed E-state index contributed by atoms with van der Waals surface area (Å²) in [5.74, 6) is 0.782. The van der Waals surface area contributed by atoms with Crippen LogP contribution < -0.4 is 9.64 Å². The number of hydrogen-bond donors (Lipinski definition) is 0. The van der Waals surface area contributed by atoms with Gasteiger partial charge in [0.1, 0.15) is 11.3 Å². The molecule has 1 amide bonds. The molecule has 0 bridgehead atoms. The highest BCUT2D eigenvalue weighted by Crippen LogP contribution is 2.34. The number of rotatable bonds is 6. The van der Waals surface area contributed by atoms with Gasteiger partial charge in [-0.05, 0) is 55.5 Å². The van der Waals surface area contributed by atoms with Crippen LogP contribution in [0.2, 0.25) is 0 Å². The Hall–Kier alpha value is -2.34. The fraction of sp³-hybridized carbons (Fsp3) is 0.440. The maximum Gasteiger partial charge on any atom is 0.243 e. The van der Waals surface area contributed by atoms with Gasteiger partial charge >= 0.3 is 0 Å². The zero-order valence-corrected chi connectivity index (χ0v) is 22.9.